The summed E-state index contributed by atoms with van der Waals surface area (Å²) in [4.78, 5) is 12.3. The van der Waals surface area contributed by atoms with Crippen molar-refractivity contribution in [2.24, 2.45) is 0 Å². The highest BCUT2D eigenvalue weighted by Gasteiger charge is 2.35. The first kappa shape index (κ1) is 43.2. The minimum Gasteiger partial charge on any atom is -0.378 e. The quantitative estimate of drug-likeness (QED) is 0.120. The second-order valence-electron chi connectivity index (χ2n) is 16.1. The van der Waals surface area contributed by atoms with E-state index in [1.165, 1.54) is 0 Å². The third kappa shape index (κ3) is 9.25. The molecule has 0 radical (unpaired) electrons. The highest BCUT2D eigenvalue weighted by atomic mass is 16.3. The third-order valence-electron chi connectivity index (χ3n) is 10.8. The Labute approximate surface area is 347 Å². The summed E-state index contributed by atoms with van der Waals surface area (Å²) in [5.74, 6) is 0. The van der Waals surface area contributed by atoms with E-state index in [1.807, 2.05) is 230 Å². The van der Waals surface area contributed by atoms with E-state index in [-0.39, 0.29) is 0 Å². The molecule has 0 unspecified atom stereocenters. The van der Waals surface area contributed by atoms with Crippen LogP contribution in [0, 0.1) is 0 Å². The monoisotopic (exact) mass is 778 g/mol. The predicted molar refractivity (Wildman–Crippen MR) is 249 cm³/mol. The zero-order chi connectivity index (χ0) is 42.4. The van der Waals surface area contributed by atoms with E-state index in [0.717, 1.165) is 67.5 Å². The number of anilines is 6. The summed E-state index contributed by atoms with van der Waals surface area (Å²) in [5, 5.41) is 24.1. The molecule has 0 atom stereocenters. The van der Waals surface area contributed by atoms with Crippen LogP contribution in [0.2, 0.25) is 0 Å². The fraction of sp³-hybridized carbons (Fsp3) is 0.280. The van der Waals surface area contributed by atoms with Crippen molar-refractivity contribution < 1.29 is 10.2 Å². The smallest absolute Gasteiger partial charge is 0.140 e. The first-order chi connectivity index (χ1) is 27.5. The van der Waals surface area contributed by atoms with Crippen molar-refractivity contribution in [3.63, 3.8) is 0 Å². The van der Waals surface area contributed by atoms with Crippen LogP contribution < -0.4 is 29.4 Å². The highest BCUT2D eigenvalue weighted by Crippen LogP contribution is 2.40. The topological polar surface area (TPSA) is 59.9 Å². The van der Waals surface area contributed by atoms with Gasteiger partial charge in [-0.15, -0.1) is 0 Å². The fourth-order valence-electron chi connectivity index (χ4n) is 7.00. The molecule has 6 rings (SSSR count). The van der Waals surface area contributed by atoms with Gasteiger partial charge in [-0.25, -0.2) is 0 Å². The van der Waals surface area contributed by atoms with Crippen LogP contribution in [-0.2, 0) is 11.2 Å². The summed E-state index contributed by atoms with van der Waals surface area (Å²) in [7, 11) is 24.2. The van der Waals surface area contributed by atoms with Crippen LogP contribution in [0.15, 0.2) is 146 Å². The Morgan fingerprint density at radius 3 is 0.414 bits per heavy atom. The summed E-state index contributed by atoms with van der Waals surface area (Å²) >= 11 is 0. The van der Waals surface area contributed by atoms with E-state index in [9.17, 15) is 10.2 Å². The van der Waals surface area contributed by atoms with Gasteiger partial charge in [0.25, 0.3) is 0 Å². The van der Waals surface area contributed by atoms with Gasteiger partial charge in [0.1, 0.15) is 11.2 Å². The van der Waals surface area contributed by atoms with E-state index in [2.05, 4.69) is 29.4 Å². The molecule has 0 aliphatic rings. The van der Waals surface area contributed by atoms with Gasteiger partial charge in [-0.05, 0) is 106 Å². The van der Waals surface area contributed by atoms with E-state index < -0.39 is 11.2 Å². The molecule has 0 aliphatic heterocycles. The van der Waals surface area contributed by atoms with Gasteiger partial charge in [0.05, 0.1) is 0 Å². The van der Waals surface area contributed by atoms with E-state index in [4.69, 9.17) is 0 Å². The van der Waals surface area contributed by atoms with Crippen molar-refractivity contribution in [1.29, 1.82) is 0 Å². The lowest BCUT2D eigenvalue weighted by Gasteiger charge is -2.31. The zero-order valence-corrected chi connectivity index (χ0v) is 36.4. The molecule has 0 aromatic heterocycles. The van der Waals surface area contributed by atoms with Crippen LogP contribution in [0.1, 0.15) is 33.4 Å². The largest absolute Gasteiger partial charge is 0.378 e. The number of nitrogens with zero attached hydrogens (tertiary/aromatic N) is 6. The van der Waals surface area contributed by atoms with Gasteiger partial charge < -0.3 is 39.6 Å². The second-order valence-corrected chi connectivity index (χ2v) is 16.1. The first-order valence-corrected chi connectivity index (χ1v) is 19.6. The van der Waals surface area contributed by atoms with Crippen LogP contribution in [0.25, 0.3) is 0 Å². The average molecular weight is 779 g/mol. The van der Waals surface area contributed by atoms with Gasteiger partial charge in [-0.3, -0.25) is 0 Å². The fourth-order valence-corrected chi connectivity index (χ4v) is 7.00. The van der Waals surface area contributed by atoms with Gasteiger partial charge in [0, 0.05) is 119 Å². The van der Waals surface area contributed by atoms with Crippen molar-refractivity contribution in [2.45, 2.75) is 11.2 Å². The molecule has 0 saturated carbocycles. The highest BCUT2D eigenvalue weighted by molar-refractivity contribution is 5.59. The molecule has 0 spiro atoms. The van der Waals surface area contributed by atoms with Crippen LogP contribution in [-0.4, -0.2) is 94.8 Å². The molecule has 0 amide bonds. The summed E-state index contributed by atoms with van der Waals surface area (Å²) in [6.07, 6.45) is 0. The summed E-state index contributed by atoms with van der Waals surface area (Å²) in [6, 6.07) is 48.6. The van der Waals surface area contributed by atoms with Crippen LogP contribution in [0.4, 0.5) is 34.1 Å². The maximum Gasteiger partial charge on any atom is 0.140 e. The van der Waals surface area contributed by atoms with Crippen LogP contribution >= 0.6 is 0 Å². The molecule has 0 saturated heterocycles. The summed E-state index contributed by atoms with van der Waals surface area (Å²) < 4.78 is 0. The Morgan fingerprint density at radius 1 is 0.224 bits per heavy atom. The molecular weight excluding hydrogens is 717 g/mol. The van der Waals surface area contributed by atoms with Crippen LogP contribution in [0.5, 0.6) is 0 Å². The molecule has 0 heterocycles. The molecule has 304 valence electrons. The molecule has 58 heavy (non-hydrogen) atoms. The van der Waals surface area contributed by atoms with Crippen molar-refractivity contribution >= 4 is 34.1 Å². The lowest BCUT2D eigenvalue weighted by Crippen LogP contribution is -2.29. The molecule has 0 aliphatic carbocycles. The van der Waals surface area contributed by atoms with Gasteiger partial charge in [0.15, 0.2) is 0 Å². The number of hydrogen-bond acceptors (Lipinski definition) is 8. The number of aliphatic hydroxyl groups is 2. The average Bonchev–Trinajstić information content (AvgIpc) is 3.23. The minimum absolute atomic E-state index is 0.846. The predicted octanol–water partition coefficient (Wildman–Crippen LogP) is 8.34. The zero-order valence-electron chi connectivity index (χ0n) is 36.4. The molecular formula is C50H62N6O2. The van der Waals surface area contributed by atoms with Crippen LogP contribution in [0.3, 0.4) is 0 Å². The summed E-state index contributed by atoms with van der Waals surface area (Å²) in [6.45, 7) is 0. The number of hydrogen-bond donors (Lipinski definition) is 2. The molecule has 2 N–H and O–H groups in total. The second kappa shape index (κ2) is 18.1. The van der Waals surface area contributed by atoms with E-state index in [0.29, 0.717) is 0 Å². The van der Waals surface area contributed by atoms with Gasteiger partial charge in [-0.1, -0.05) is 72.8 Å². The Kier molecular flexibility index (Phi) is 13.5. The van der Waals surface area contributed by atoms with Gasteiger partial charge >= 0.3 is 0 Å². The molecule has 6 aromatic carbocycles. The maximum atomic E-state index is 12.1. The Balaban J connectivity index is 0.000000221. The van der Waals surface area contributed by atoms with Crippen molar-refractivity contribution in [1.82, 2.24) is 0 Å². The molecule has 8 nitrogen and oxygen atoms in total. The van der Waals surface area contributed by atoms with Crippen molar-refractivity contribution in [2.75, 3.05) is 114 Å². The first-order valence-electron chi connectivity index (χ1n) is 19.6. The van der Waals surface area contributed by atoms with Crippen molar-refractivity contribution in [3.05, 3.63) is 179 Å². The Bertz CT molecular complexity index is 1760. The summed E-state index contributed by atoms with van der Waals surface area (Å²) in [5.41, 5.74) is 9.20. The number of benzene rings is 6. The van der Waals surface area contributed by atoms with E-state index in [1.54, 1.807) is 0 Å². The SMILES string of the molecule is CN(C)c1ccc(C(O)(c2ccc(N(C)C)cc2)c2ccc(N(C)C)cc2)cc1.CN(C)c1ccc(C(O)(c2ccc(N(C)C)cc2)c2ccc(N(C)C)cc2)cc1. The molecule has 8 heteroatoms. The minimum atomic E-state index is -1.24. The normalized spacial score (nSPS) is 11.3. The Morgan fingerprint density at radius 2 is 0.328 bits per heavy atom. The Hall–Kier alpha value is -5.96. The van der Waals surface area contributed by atoms with Gasteiger partial charge in [0.2, 0.25) is 0 Å². The van der Waals surface area contributed by atoms with Gasteiger partial charge in [-0.2, -0.15) is 0 Å². The molecule has 6 aromatic rings. The molecule has 0 fully saturated rings. The number of rotatable bonds is 12. The van der Waals surface area contributed by atoms with Crippen molar-refractivity contribution in [3.8, 4) is 0 Å². The lowest BCUT2D eigenvalue weighted by molar-refractivity contribution is 0.125. The molecule has 0 bridgehead atoms. The maximum absolute atomic E-state index is 12.1. The standard InChI is InChI=1S/2C25H31N3O/c2*1-26(2)22-13-7-19(8-14-22)25(29,20-9-15-23(16-10-20)27(3)4)21-11-17-24(18-12-21)28(5)6/h2*7-18,29H,1-6H3. The third-order valence-corrected chi connectivity index (χ3v) is 10.8. The van der Waals surface area contributed by atoms with E-state index >= 15 is 0 Å². The lowest BCUT2D eigenvalue weighted by atomic mass is 9.80.